The topological polar surface area (TPSA) is 24.5 Å². The smallest absolute Gasteiger partial charge is 0.405 e. The van der Waals surface area contributed by atoms with Crippen molar-refractivity contribution in [2.75, 3.05) is 26.2 Å². The summed E-state index contributed by atoms with van der Waals surface area (Å²) in [6, 6.07) is 6.24. The van der Waals surface area contributed by atoms with Crippen LogP contribution < -0.4 is 10.1 Å². The van der Waals surface area contributed by atoms with E-state index in [0.29, 0.717) is 5.56 Å². The molecule has 0 bridgehead atoms. The van der Waals surface area contributed by atoms with Gasteiger partial charge in [-0.2, -0.15) is 0 Å². The summed E-state index contributed by atoms with van der Waals surface area (Å²) in [7, 11) is 0. The molecule has 1 fully saturated rings. The largest absolute Gasteiger partial charge is 0.573 e. The number of benzene rings is 1. The highest BCUT2D eigenvalue weighted by molar-refractivity contribution is 5.85. The molecule has 1 atom stereocenters. The predicted molar refractivity (Wildman–Crippen MR) is 73.2 cm³/mol. The third kappa shape index (κ3) is 4.54. The lowest BCUT2D eigenvalue weighted by Crippen LogP contribution is -2.44. The van der Waals surface area contributed by atoms with E-state index in [1.807, 2.05) is 6.92 Å². The first-order valence-electron chi connectivity index (χ1n) is 6.27. The number of para-hydroxylation sites is 1. The minimum Gasteiger partial charge on any atom is -0.405 e. The Labute approximate surface area is 122 Å². The van der Waals surface area contributed by atoms with Gasteiger partial charge in [0.15, 0.2) is 0 Å². The highest BCUT2D eigenvalue weighted by Gasteiger charge is 2.33. The minimum absolute atomic E-state index is 0. The molecule has 3 nitrogen and oxygen atoms in total. The number of hydrogen-bond donors (Lipinski definition) is 1. The van der Waals surface area contributed by atoms with E-state index in [4.69, 9.17) is 0 Å². The highest BCUT2D eigenvalue weighted by atomic mass is 35.5. The number of alkyl halides is 3. The molecule has 1 aromatic carbocycles. The van der Waals surface area contributed by atoms with Crippen LogP contribution in [0.2, 0.25) is 0 Å². The second-order valence-electron chi connectivity index (χ2n) is 4.55. The number of rotatable bonds is 3. The van der Waals surface area contributed by atoms with Gasteiger partial charge < -0.3 is 10.1 Å². The molecule has 1 saturated heterocycles. The minimum atomic E-state index is -4.65. The second-order valence-corrected chi connectivity index (χ2v) is 4.55. The Kier molecular flexibility index (Phi) is 6.10. The van der Waals surface area contributed by atoms with E-state index in [9.17, 15) is 13.2 Å². The summed E-state index contributed by atoms with van der Waals surface area (Å²) in [4.78, 5) is 2.15. The zero-order chi connectivity index (χ0) is 13.9. The average Bonchev–Trinajstić information content (AvgIpc) is 2.38. The van der Waals surface area contributed by atoms with Gasteiger partial charge in [-0.05, 0) is 13.0 Å². The first-order valence-corrected chi connectivity index (χ1v) is 6.27. The third-order valence-corrected chi connectivity index (χ3v) is 3.29. The fraction of sp³-hybridized carbons (Fsp3) is 0.538. The van der Waals surface area contributed by atoms with Gasteiger partial charge >= 0.3 is 6.36 Å². The standard InChI is InChI=1S/C13H17F3N2O.ClH/c1-10(18-8-6-17-7-9-18)11-4-2-3-5-12(11)19-13(14,15)16;/h2-5,10,17H,6-9H2,1H3;1H/t10-;/m0./s1. The number of halogens is 4. The Bertz CT molecular complexity index is 422. The molecule has 0 saturated carbocycles. The van der Waals surface area contributed by atoms with Gasteiger partial charge in [0.05, 0.1) is 0 Å². The number of nitrogens with zero attached hydrogens (tertiary/aromatic N) is 1. The maximum absolute atomic E-state index is 12.4. The molecule has 114 valence electrons. The Morgan fingerprint density at radius 1 is 1.20 bits per heavy atom. The first-order chi connectivity index (χ1) is 8.97. The Morgan fingerprint density at radius 3 is 2.40 bits per heavy atom. The van der Waals surface area contributed by atoms with Gasteiger partial charge in [-0.25, -0.2) is 0 Å². The van der Waals surface area contributed by atoms with Gasteiger partial charge in [0, 0.05) is 37.8 Å². The Hall–Kier alpha value is -0.980. The molecular weight excluding hydrogens is 293 g/mol. The summed E-state index contributed by atoms with van der Waals surface area (Å²) in [5.41, 5.74) is 0.571. The van der Waals surface area contributed by atoms with Crippen molar-refractivity contribution in [1.82, 2.24) is 10.2 Å². The van der Waals surface area contributed by atoms with Crippen LogP contribution in [-0.4, -0.2) is 37.4 Å². The van der Waals surface area contributed by atoms with E-state index in [2.05, 4.69) is 15.0 Å². The van der Waals surface area contributed by atoms with Crippen LogP contribution in [0, 0.1) is 0 Å². The van der Waals surface area contributed by atoms with Crippen molar-refractivity contribution in [3.8, 4) is 5.75 Å². The molecule has 1 heterocycles. The summed E-state index contributed by atoms with van der Waals surface area (Å²) < 4.78 is 41.2. The molecular formula is C13H18ClF3N2O. The van der Waals surface area contributed by atoms with E-state index in [1.54, 1.807) is 18.2 Å². The summed E-state index contributed by atoms with van der Waals surface area (Å²) >= 11 is 0. The summed E-state index contributed by atoms with van der Waals surface area (Å²) in [6.07, 6.45) is -4.65. The van der Waals surface area contributed by atoms with Crippen LogP contribution in [-0.2, 0) is 0 Å². The molecule has 1 aliphatic heterocycles. The molecule has 7 heteroatoms. The molecule has 1 N–H and O–H groups in total. The lowest BCUT2D eigenvalue weighted by Gasteiger charge is -2.33. The van der Waals surface area contributed by atoms with Crippen LogP contribution in [0.5, 0.6) is 5.75 Å². The maximum atomic E-state index is 12.4. The molecule has 0 aromatic heterocycles. The van der Waals surface area contributed by atoms with Gasteiger partial charge in [0.25, 0.3) is 0 Å². The molecule has 0 unspecified atom stereocenters. The molecule has 1 aliphatic rings. The van der Waals surface area contributed by atoms with E-state index < -0.39 is 6.36 Å². The van der Waals surface area contributed by atoms with Gasteiger partial charge in [-0.1, -0.05) is 18.2 Å². The molecule has 0 aliphatic carbocycles. The summed E-state index contributed by atoms with van der Waals surface area (Å²) in [6.45, 7) is 5.26. The molecule has 2 rings (SSSR count). The molecule has 0 amide bonds. The van der Waals surface area contributed by atoms with Crippen LogP contribution in [0.25, 0.3) is 0 Å². The van der Waals surface area contributed by atoms with Crippen molar-refractivity contribution in [1.29, 1.82) is 0 Å². The third-order valence-electron chi connectivity index (χ3n) is 3.29. The quantitative estimate of drug-likeness (QED) is 0.929. The van der Waals surface area contributed by atoms with Crippen LogP contribution in [0.1, 0.15) is 18.5 Å². The van der Waals surface area contributed by atoms with Crippen molar-refractivity contribution in [2.45, 2.75) is 19.3 Å². The van der Waals surface area contributed by atoms with Gasteiger partial charge in [-0.15, -0.1) is 25.6 Å². The average molecular weight is 311 g/mol. The van der Waals surface area contributed by atoms with Gasteiger partial charge in [-0.3, -0.25) is 4.90 Å². The lowest BCUT2D eigenvalue weighted by atomic mass is 10.1. The van der Waals surface area contributed by atoms with Crippen molar-refractivity contribution >= 4 is 12.4 Å². The lowest BCUT2D eigenvalue weighted by molar-refractivity contribution is -0.275. The fourth-order valence-electron chi connectivity index (χ4n) is 2.31. The highest BCUT2D eigenvalue weighted by Crippen LogP contribution is 2.32. The zero-order valence-electron chi connectivity index (χ0n) is 11.1. The monoisotopic (exact) mass is 310 g/mol. The van der Waals surface area contributed by atoms with E-state index in [1.165, 1.54) is 6.07 Å². The summed E-state index contributed by atoms with van der Waals surface area (Å²) in [5, 5.41) is 3.22. The number of piperazine rings is 1. The second kappa shape index (κ2) is 7.15. The molecule has 0 spiro atoms. The van der Waals surface area contributed by atoms with Gasteiger partial charge in [0.2, 0.25) is 0 Å². The SMILES string of the molecule is C[C@@H](c1ccccc1OC(F)(F)F)N1CCNCC1.Cl. The van der Waals surface area contributed by atoms with Crippen molar-refractivity contribution in [3.63, 3.8) is 0 Å². The number of ether oxygens (including phenoxy) is 1. The first kappa shape index (κ1) is 17.1. The van der Waals surface area contributed by atoms with E-state index >= 15 is 0 Å². The van der Waals surface area contributed by atoms with Crippen LogP contribution in [0.4, 0.5) is 13.2 Å². The van der Waals surface area contributed by atoms with Crippen LogP contribution >= 0.6 is 12.4 Å². The van der Waals surface area contributed by atoms with Crippen molar-refractivity contribution in [3.05, 3.63) is 29.8 Å². The van der Waals surface area contributed by atoms with Crippen molar-refractivity contribution < 1.29 is 17.9 Å². The van der Waals surface area contributed by atoms with Crippen molar-refractivity contribution in [2.24, 2.45) is 0 Å². The summed E-state index contributed by atoms with van der Waals surface area (Å²) in [5.74, 6) is -0.110. The Balaban J connectivity index is 0.00000200. The number of hydrogen-bond acceptors (Lipinski definition) is 3. The molecule has 0 radical (unpaired) electrons. The fourth-order valence-corrected chi connectivity index (χ4v) is 2.31. The predicted octanol–water partition coefficient (Wildman–Crippen LogP) is 2.97. The Morgan fingerprint density at radius 2 is 1.80 bits per heavy atom. The van der Waals surface area contributed by atoms with E-state index in [0.717, 1.165) is 26.2 Å². The number of nitrogens with one attached hydrogen (secondary N) is 1. The molecule has 20 heavy (non-hydrogen) atoms. The van der Waals surface area contributed by atoms with Crippen LogP contribution in [0.15, 0.2) is 24.3 Å². The van der Waals surface area contributed by atoms with Gasteiger partial charge in [0.1, 0.15) is 5.75 Å². The normalized spacial score (nSPS) is 18.2. The van der Waals surface area contributed by atoms with E-state index in [-0.39, 0.29) is 24.2 Å². The maximum Gasteiger partial charge on any atom is 0.573 e. The zero-order valence-corrected chi connectivity index (χ0v) is 11.9. The molecule has 1 aromatic rings. The van der Waals surface area contributed by atoms with Crippen LogP contribution in [0.3, 0.4) is 0 Å².